The average Bonchev–Trinajstić information content (AvgIpc) is 3.03. The SMILES string of the molecule is CCN(C=O)/C(CO)=N\N(C)c1cc2c(C(C)C)cc(-c3c(Cl)c(=O)[nH]n3C)nc2cc1F. The van der Waals surface area contributed by atoms with Gasteiger partial charge >= 0.3 is 0 Å². The second-order valence-electron chi connectivity index (χ2n) is 7.82. The largest absolute Gasteiger partial charge is 0.388 e. The number of amidine groups is 1. The first-order valence-electron chi connectivity index (χ1n) is 10.4. The summed E-state index contributed by atoms with van der Waals surface area (Å²) in [7, 11) is 3.18. The van der Waals surface area contributed by atoms with E-state index >= 15 is 4.39 Å². The molecule has 9 nitrogen and oxygen atoms in total. The molecule has 0 aliphatic rings. The van der Waals surface area contributed by atoms with Gasteiger partial charge in [0.05, 0.1) is 16.9 Å². The molecule has 0 fully saturated rings. The molecule has 3 rings (SSSR count). The number of fused-ring (bicyclic) bond motifs is 1. The first-order valence-corrected chi connectivity index (χ1v) is 10.7. The number of aliphatic hydroxyl groups is 1. The molecule has 0 unspecified atom stereocenters. The molecule has 176 valence electrons. The van der Waals surface area contributed by atoms with Crippen LogP contribution in [0.25, 0.3) is 22.3 Å². The van der Waals surface area contributed by atoms with Crippen LogP contribution in [0.3, 0.4) is 0 Å². The molecule has 0 bridgehead atoms. The third-order valence-corrected chi connectivity index (χ3v) is 5.69. The van der Waals surface area contributed by atoms with Gasteiger partial charge in [-0.15, -0.1) is 0 Å². The van der Waals surface area contributed by atoms with Crippen molar-refractivity contribution in [2.24, 2.45) is 12.1 Å². The first kappa shape index (κ1) is 24.4. The van der Waals surface area contributed by atoms with E-state index in [1.54, 1.807) is 20.0 Å². The summed E-state index contributed by atoms with van der Waals surface area (Å²) < 4.78 is 16.6. The summed E-state index contributed by atoms with van der Waals surface area (Å²) in [5.74, 6) is -0.446. The van der Waals surface area contributed by atoms with E-state index in [0.29, 0.717) is 35.2 Å². The van der Waals surface area contributed by atoms with Gasteiger partial charge in [-0.25, -0.2) is 9.37 Å². The highest BCUT2D eigenvalue weighted by Gasteiger charge is 2.20. The summed E-state index contributed by atoms with van der Waals surface area (Å²) >= 11 is 6.19. The number of hydrogen-bond acceptors (Lipinski definition) is 6. The van der Waals surface area contributed by atoms with Crippen LogP contribution in [0.15, 0.2) is 28.1 Å². The topological polar surface area (TPSA) is 107 Å². The van der Waals surface area contributed by atoms with Gasteiger partial charge in [0.1, 0.15) is 17.3 Å². The second-order valence-corrected chi connectivity index (χ2v) is 8.20. The Morgan fingerprint density at radius 2 is 2.09 bits per heavy atom. The lowest BCUT2D eigenvalue weighted by molar-refractivity contribution is -0.114. The molecule has 0 radical (unpaired) electrons. The third-order valence-electron chi connectivity index (χ3n) is 5.34. The number of aliphatic hydroxyl groups excluding tert-OH is 1. The standard InChI is InChI=1S/C22H26ClFN6O3/c1-6-30(11-32)19(10-31)26-28(4)18-8-14-13(12(2)3)7-17(25-16(14)9-15(18)24)21-20(23)22(33)27-29(21)5/h7-9,11-12,31H,6,10H2,1-5H3,(H,27,33)/b26-19-. The van der Waals surface area contributed by atoms with Gasteiger partial charge in [-0.05, 0) is 30.5 Å². The average molecular weight is 477 g/mol. The molecular formula is C22H26ClFN6O3. The van der Waals surface area contributed by atoms with Crippen LogP contribution in [0, 0.1) is 5.82 Å². The van der Waals surface area contributed by atoms with Crippen molar-refractivity contribution in [3.05, 3.63) is 45.0 Å². The Hall–Kier alpha value is -3.24. The molecule has 0 aliphatic carbocycles. The number of carbonyl (C=O) groups is 1. The minimum Gasteiger partial charge on any atom is -0.388 e. The van der Waals surface area contributed by atoms with Gasteiger partial charge in [-0.1, -0.05) is 25.4 Å². The normalized spacial score (nSPS) is 12.0. The van der Waals surface area contributed by atoms with Crippen molar-refractivity contribution in [2.45, 2.75) is 26.7 Å². The smallest absolute Gasteiger partial charge is 0.283 e. The van der Waals surface area contributed by atoms with E-state index < -0.39 is 18.0 Å². The quantitative estimate of drug-likeness (QED) is 0.236. The van der Waals surface area contributed by atoms with Gasteiger partial charge in [0.25, 0.3) is 5.56 Å². The Kier molecular flexibility index (Phi) is 7.19. The molecule has 33 heavy (non-hydrogen) atoms. The number of benzene rings is 1. The van der Waals surface area contributed by atoms with Gasteiger partial charge in [0.2, 0.25) is 6.41 Å². The van der Waals surface area contributed by atoms with E-state index in [-0.39, 0.29) is 22.5 Å². The number of amides is 1. The Bertz CT molecular complexity index is 1280. The van der Waals surface area contributed by atoms with Crippen LogP contribution in [0.1, 0.15) is 32.3 Å². The molecule has 0 aliphatic heterocycles. The first-order chi connectivity index (χ1) is 15.6. The van der Waals surface area contributed by atoms with Crippen LogP contribution in [-0.2, 0) is 11.8 Å². The number of anilines is 1. The zero-order valence-electron chi connectivity index (χ0n) is 19.1. The number of aryl methyl sites for hydroxylation is 1. The second kappa shape index (κ2) is 9.72. The fourth-order valence-corrected chi connectivity index (χ4v) is 3.90. The Labute approximate surface area is 195 Å². The predicted molar refractivity (Wildman–Crippen MR) is 127 cm³/mol. The lowest BCUT2D eigenvalue weighted by Crippen LogP contribution is -2.34. The molecule has 2 N–H and O–H groups in total. The summed E-state index contributed by atoms with van der Waals surface area (Å²) in [5, 5.41) is 18.4. The molecule has 0 saturated heterocycles. The number of hydrogen-bond donors (Lipinski definition) is 2. The van der Waals surface area contributed by atoms with Gasteiger partial charge in [-0.2, -0.15) is 5.10 Å². The molecule has 0 spiro atoms. The van der Waals surface area contributed by atoms with Crippen molar-refractivity contribution in [2.75, 3.05) is 25.2 Å². The van der Waals surface area contributed by atoms with E-state index in [4.69, 9.17) is 11.6 Å². The molecule has 1 amide bonds. The van der Waals surface area contributed by atoms with Crippen molar-refractivity contribution in [3.63, 3.8) is 0 Å². The maximum atomic E-state index is 15.1. The Morgan fingerprint density at radius 1 is 1.39 bits per heavy atom. The lowest BCUT2D eigenvalue weighted by Gasteiger charge is -2.21. The zero-order valence-corrected chi connectivity index (χ0v) is 19.8. The van der Waals surface area contributed by atoms with Gasteiger partial charge < -0.3 is 5.11 Å². The summed E-state index contributed by atoms with van der Waals surface area (Å²) in [6.07, 6.45) is 0.557. The maximum Gasteiger partial charge on any atom is 0.283 e. The minimum atomic E-state index is -0.589. The predicted octanol–water partition coefficient (Wildman–Crippen LogP) is 3.06. The highest BCUT2D eigenvalue weighted by molar-refractivity contribution is 6.32. The molecule has 3 aromatic rings. The van der Waals surface area contributed by atoms with Crippen molar-refractivity contribution in [1.29, 1.82) is 0 Å². The number of carbonyl (C=O) groups excluding carboxylic acids is 1. The number of rotatable bonds is 7. The molecule has 11 heteroatoms. The molecule has 1 aromatic carbocycles. The zero-order chi connectivity index (χ0) is 24.4. The molecule has 2 aromatic heterocycles. The van der Waals surface area contributed by atoms with Crippen molar-refractivity contribution in [3.8, 4) is 11.4 Å². The number of likely N-dealkylation sites (N-methyl/N-ethyl adjacent to an activating group) is 1. The summed E-state index contributed by atoms with van der Waals surface area (Å²) in [6, 6.07) is 4.75. The summed E-state index contributed by atoms with van der Waals surface area (Å²) in [5.41, 5.74) is 1.85. The molecule has 0 atom stereocenters. The number of H-pyrrole nitrogens is 1. The van der Waals surface area contributed by atoms with E-state index in [2.05, 4.69) is 15.2 Å². The fraction of sp³-hybridized carbons (Fsp3) is 0.364. The van der Waals surface area contributed by atoms with Crippen LogP contribution >= 0.6 is 11.6 Å². The fourth-order valence-electron chi connectivity index (χ4n) is 3.63. The van der Waals surface area contributed by atoms with E-state index in [9.17, 15) is 14.7 Å². The number of nitrogens with zero attached hydrogens (tertiary/aromatic N) is 5. The van der Waals surface area contributed by atoms with Crippen LogP contribution in [0.2, 0.25) is 5.02 Å². The monoisotopic (exact) mass is 476 g/mol. The number of aromatic nitrogens is 3. The van der Waals surface area contributed by atoms with Crippen LogP contribution in [-0.4, -0.2) is 57.2 Å². The van der Waals surface area contributed by atoms with Crippen molar-refractivity contribution >= 4 is 40.4 Å². The lowest BCUT2D eigenvalue weighted by atomic mass is 9.96. The third kappa shape index (κ3) is 4.62. The minimum absolute atomic E-state index is 0.0115. The molecular weight excluding hydrogens is 451 g/mol. The van der Waals surface area contributed by atoms with Crippen molar-refractivity contribution < 1.29 is 14.3 Å². The molecule has 2 heterocycles. The van der Waals surface area contributed by atoms with Gasteiger partial charge in [0, 0.05) is 32.1 Å². The Balaban J connectivity index is 2.20. The maximum absolute atomic E-state index is 15.1. The number of halogens is 2. The van der Waals surface area contributed by atoms with E-state index in [1.165, 1.54) is 27.7 Å². The van der Waals surface area contributed by atoms with E-state index in [0.717, 1.165) is 5.56 Å². The van der Waals surface area contributed by atoms with Gasteiger partial charge in [-0.3, -0.25) is 29.3 Å². The highest BCUT2D eigenvalue weighted by atomic mass is 35.5. The van der Waals surface area contributed by atoms with Gasteiger partial charge in [0.15, 0.2) is 11.7 Å². The number of pyridine rings is 1. The number of aromatic amines is 1. The number of hydrazone groups is 1. The summed E-state index contributed by atoms with van der Waals surface area (Å²) in [4.78, 5) is 28.9. The summed E-state index contributed by atoms with van der Waals surface area (Å²) in [6.45, 7) is 5.55. The molecule has 0 saturated carbocycles. The van der Waals surface area contributed by atoms with Crippen molar-refractivity contribution in [1.82, 2.24) is 19.7 Å². The Morgan fingerprint density at radius 3 is 2.61 bits per heavy atom. The van der Waals surface area contributed by atoms with Crippen LogP contribution in [0.5, 0.6) is 0 Å². The highest BCUT2D eigenvalue weighted by Crippen LogP contribution is 2.34. The number of nitrogens with one attached hydrogen (secondary N) is 1. The van der Waals surface area contributed by atoms with E-state index in [1.807, 2.05) is 19.9 Å². The van der Waals surface area contributed by atoms with Crippen LogP contribution < -0.4 is 10.6 Å². The van der Waals surface area contributed by atoms with Crippen LogP contribution in [0.4, 0.5) is 10.1 Å².